The second-order valence-electron chi connectivity index (χ2n) is 8.30. The van der Waals surface area contributed by atoms with Crippen molar-refractivity contribution >= 4 is 22.9 Å². The van der Waals surface area contributed by atoms with E-state index in [1.807, 2.05) is 12.1 Å². The van der Waals surface area contributed by atoms with E-state index in [0.717, 1.165) is 29.7 Å². The number of benzene rings is 2. The Balaban J connectivity index is 0.00000289. The second kappa shape index (κ2) is 9.81. The van der Waals surface area contributed by atoms with Gasteiger partial charge in [0.1, 0.15) is 18.2 Å². The number of fused-ring (bicyclic) bond motifs is 2. The smallest absolute Gasteiger partial charge is 0.260 e. The first-order chi connectivity index (χ1) is 14.9. The third-order valence-electron chi connectivity index (χ3n) is 5.81. The van der Waals surface area contributed by atoms with E-state index in [-0.39, 0.29) is 26.0 Å². The molecule has 0 aliphatic carbocycles. The first kappa shape index (κ1) is 23.9. The number of hydrogen-bond acceptors (Lipinski definition) is 5. The summed E-state index contributed by atoms with van der Waals surface area (Å²) in [5.41, 5.74) is 4.44. The van der Waals surface area contributed by atoms with Crippen LogP contribution in [0.1, 0.15) is 43.5 Å². The summed E-state index contributed by atoms with van der Waals surface area (Å²) >= 11 is 0. The number of nitrogens with zero attached hydrogens (tertiary/aromatic N) is 1. The number of carbonyl (C=O) groups is 1. The van der Waals surface area contributed by atoms with Crippen molar-refractivity contribution in [1.29, 1.82) is 0 Å². The first-order valence-corrected chi connectivity index (χ1v) is 10.5. The van der Waals surface area contributed by atoms with Crippen LogP contribution in [-0.4, -0.2) is 52.9 Å². The van der Waals surface area contributed by atoms with Crippen LogP contribution in [0, 0.1) is 5.82 Å². The van der Waals surface area contributed by atoms with Crippen LogP contribution in [0.25, 0.3) is 11.3 Å². The van der Waals surface area contributed by atoms with Crippen LogP contribution in [0.4, 0.5) is 10.1 Å². The van der Waals surface area contributed by atoms with Gasteiger partial charge in [0.2, 0.25) is 0 Å². The van der Waals surface area contributed by atoms with Crippen molar-refractivity contribution in [2.24, 2.45) is 0 Å². The third-order valence-corrected chi connectivity index (χ3v) is 5.81. The molecule has 1 amide bonds. The Bertz CT molecular complexity index is 1030. The number of nitrogens with one attached hydrogen (secondary N) is 1. The van der Waals surface area contributed by atoms with E-state index in [2.05, 4.69) is 30.1 Å². The van der Waals surface area contributed by atoms with Gasteiger partial charge in [-0.25, -0.2) is 4.39 Å². The highest BCUT2D eigenvalue weighted by Gasteiger charge is 2.32. The molecule has 2 aliphatic rings. The number of rotatable bonds is 7. The van der Waals surface area contributed by atoms with Crippen molar-refractivity contribution < 1.29 is 24.1 Å². The lowest BCUT2D eigenvalue weighted by Gasteiger charge is -2.28. The minimum atomic E-state index is -0.754. The van der Waals surface area contributed by atoms with Gasteiger partial charge in [-0.2, -0.15) is 0 Å². The van der Waals surface area contributed by atoms with Crippen molar-refractivity contribution in [2.75, 3.05) is 25.0 Å². The molecule has 0 saturated carbocycles. The predicted molar refractivity (Wildman–Crippen MR) is 123 cm³/mol. The third kappa shape index (κ3) is 4.70. The molecule has 2 aromatic carbocycles. The topological polar surface area (TPSA) is 82.0 Å². The quantitative estimate of drug-likeness (QED) is 0.573. The molecule has 32 heavy (non-hydrogen) atoms. The van der Waals surface area contributed by atoms with Crippen molar-refractivity contribution in [1.82, 2.24) is 4.90 Å². The molecular formula is C25H31FN2O4. The molecule has 4 rings (SSSR count). The zero-order valence-corrected chi connectivity index (χ0v) is 17.7. The molecule has 172 valence electrons. The van der Waals surface area contributed by atoms with Crippen molar-refractivity contribution in [3.05, 3.63) is 64.5 Å². The summed E-state index contributed by atoms with van der Waals surface area (Å²) in [7, 11) is 0. The van der Waals surface area contributed by atoms with Crippen molar-refractivity contribution in [3.8, 4) is 0 Å². The number of halogens is 1. The normalized spacial score (nSPS) is 17.7. The van der Waals surface area contributed by atoms with Gasteiger partial charge >= 0.3 is 0 Å². The Labute approximate surface area is 188 Å². The molecule has 1 atom stereocenters. The lowest BCUT2D eigenvalue weighted by atomic mass is 9.98. The van der Waals surface area contributed by atoms with Crippen LogP contribution in [0.3, 0.4) is 0 Å². The summed E-state index contributed by atoms with van der Waals surface area (Å²) < 4.78 is 19.7. The minimum Gasteiger partial charge on any atom is -0.487 e. The van der Waals surface area contributed by atoms with Gasteiger partial charge in [-0.15, -0.1) is 0 Å². The zero-order valence-electron chi connectivity index (χ0n) is 17.7. The van der Waals surface area contributed by atoms with E-state index < -0.39 is 11.9 Å². The number of aliphatic hydroxyl groups is 2. The average Bonchev–Trinajstić information content (AvgIpc) is 3.29. The Morgan fingerprint density at radius 2 is 1.97 bits per heavy atom. The number of ether oxygens (including phenoxy) is 1. The van der Waals surface area contributed by atoms with Crippen LogP contribution in [0.15, 0.2) is 36.4 Å². The van der Waals surface area contributed by atoms with Crippen LogP contribution in [0.5, 0.6) is 0 Å². The first-order valence-electron chi connectivity index (χ1n) is 10.5. The van der Waals surface area contributed by atoms with Crippen LogP contribution in [0.2, 0.25) is 0 Å². The standard InChI is InChI=1S/C24H27FN2O4.CH4/c1-14(2)27(11-18(29)12-28)8-7-15-3-5-19-16(9-15)13-31-23(19)22-20-10-17(25)4-6-21(20)26-24(22)30;/h3-6,9-10,14,18,28-29H,7-8,11-13H2,1-2H3,(H,26,30);1H4/b23-22+;/t18-;/m1./s1. The zero-order chi connectivity index (χ0) is 22.1. The Morgan fingerprint density at radius 3 is 2.69 bits per heavy atom. The van der Waals surface area contributed by atoms with Gasteiger partial charge in [-0.3, -0.25) is 9.69 Å². The molecule has 6 nitrogen and oxygen atoms in total. The monoisotopic (exact) mass is 442 g/mol. The fraction of sp³-hybridized carbons (Fsp3) is 0.400. The summed E-state index contributed by atoms with van der Waals surface area (Å²) in [6.07, 6.45) is 0.0274. The van der Waals surface area contributed by atoms with Crippen LogP contribution in [-0.2, 0) is 22.6 Å². The molecule has 0 spiro atoms. The fourth-order valence-electron chi connectivity index (χ4n) is 4.10. The van der Waals surface area contributed by atoms with E-state index in [9.17, 15) is 14.3 Å². The molecule has 0 aromatic heterocycles. The number of hydrogen-bond donors (Lipinski definition) is 3. The molecule has 0 unspecified atom stereocenters. The van der Waals surface area contributed by atoms with Gasteiger partial charge < -0.3 is 20.3 Å². The highest BCUT2D eigenvalue weighted by atomic mass is 19.1. The molecule has 2 aliphatic heterocycles. The molecule has 0 fully saturated rings. The Morgan fingerprint density at radius 1 is 1.19 bits per heavy atom. The number of anilines is 1. The largest absolute Gasteiger partial charge is 0.487 e. The Hall–Kier alpha value is -2.74. The maximum atomic E-state index is 13.8. The maximum absolute atomic E-state index is 13.8. The summed E-state index contributed by atoms with van der Waals surface area (Å²) in [4.78, 5) is 14.7. The van der Waals surface area contributed by atoms with E-state index >= 15 is 0 Å². The van der Waals surface area contributed by atoms with Crippen molar-refractivity contribution in [2.45, 2.75) is 46.4 Å². The fourth-order valence-corrected chi connectivity index (χ4v) is 4.10. The number of aliphatic hydroxyl groups excluding tert-OH is 2. The summed E-state index contributed by atoms with van der Waals surface area (Å²) in [5.74, 6) is -0.205. The van der Waals surface area contributed by atoms with Crippen LogP contribution >= 0.6 is 0 Å². The van der Waals surface area contributed by atoms with Gasteiger partial charge in [0.15, 0.2) is 0 Å². The van der Waals surface area contributed by atoms with Gasteiger partial charge in [-0.05, 0) is 44.0 Å². The van der Waals surface area contributed by atoms with E-state index in [0.29, 0.717) is 35.7 Å². The SMILES string of the molecule is C.CC(C)N(CCc1ccc2c(c1)CO/C2=C1/C(=O)Nc2ccc(F)cc21)C[C@@H](O)CO. The molecule has 2 heterocycles. The van der Waals surface area contributed by atoms with E-state index in [4.69, 9.17) is 9.84 Å². The number of amides is 1. The highest BCUT2D eigenvalue weighted by Crippen LogP contribution is 2.41. The summed E-state index contributed by atoms with van der Waals surface area (Å²) in [6, 6.07) is 10.5. The van der Waals surface area contributed by atoms with Gasteiger partial charge in [0.25, 0.3) is 5.91 Å². The highest BCUT2D eigenvalue weighted by molar-refractivity contribution is 6.36. The molecule has 7 heteroatoms. The van der Waals surface area contributed by atoms with Gasteiger partial charge in [-0.1, -0.05) is 25.6 Å². The second-order valence-corrected chi connectivity index (χ2v) is 8.30. The molecular weight excluding hydrogens is 411 g/mol. The van der Waals surface area contributed by atoms with Gasteiger partial charge in [0.05, 0.1) is 18.3 Å². The Kier molecular flexibility index (Phi) is 7.33. The molecule has 0 saturated heterocycles. The summed E-state index contributed by atoms with van der Waals surface area (Å²) in [5, 5.41) is 21.7. The molecule has 0 bridgehead atoms. The lowest BCUT2D eigenvalue weighted by molar-refractivity contribution is -0.110. The predicted octanol–water partition coefficient (Wildman–Crippen LogP) is 3.42. The van der Waals surface area contributed by atoms with Crippen LogP contribution < -0.4 is 5.32 Å². The van der Waals surface area contributed by atoms with Gasteiger partial charge in [0, 0.05) is 41.5 Å². The lowest BCUT2D eigenvalue weighted by Crippen LogP contribution is -2.40. The molecule has 3 N–H and O–H groups in total. The minimum absolute atomic E-state index is 0. The van der Waals surface area contributed by atoms with E-state index in [1.165, 1.54) is 12.1 Å². The van der Waals surface area contributed by atoms with E-state index in [1.54, 1.807) is 6.07 Å². The number of carbonyl (C=O) groups excluding carboxylic acids is 1. The maximum Gasteiger partial charge on any atom is 0.260 e. The molecule has 2 aromatic rings. The van der Waals surface area contributed by atoms with Crippen molar-refractivity contribution in [3.63, 3.8) is 0 Å². The average molecular weight is 443 g/mol. The molecule has 0 radical (unpaired) electrons. The summed E-state index contributed by atoms with van der Waals surface area (Å²) in [6.45, 7) is 5.40.